The number of nitrogens with zero attached hydrogens (tertiary/aromatic N) is 1. The number of hydrogen-bond acceptors (Lipinski definition) is 1. The Morgan fingerprint density at radius 1 is 0.783 bits per heavy atom. The Bertz CT molecular complexity index is 1020. The summed E-state index contributed by atoms with van der Waals surface area (Å²) < 4.78 is 0. The Morgan fingerprint density at radius 2 is 1.65 bits per heavy atom. The molecule has 0 fully saturated rings. The summed E-state index contributed by atoms with van der Waals surface area (Å²) in [4.78, 5) is 7.40. The van der Waals surface area contributed by atoms with E-state index in [9.17, 15) is 0 Å². The topological polar surface area (TPSA) is 28.7 Å². The van der Waals surface area contributed by atoms with Gasteiger partial charge in [-0.15, -0.1) is 0 Å². The zero-order valence-corrected chi connectivity index (χ0v) is 12.5. The fraction of sp³-hybridized carbons (Fsp3) is 0. The lowest BCUT2D eigenvalue weighted by molar-refractivity contribution is 1.32. The van der Waals surface area contributed by atoms with Crippen molar-refractivity contribution in [2.75, 3.05) is 0 Å². The molecule has 0 aliphatic rings. The van der Waals surface area contributed by atoms with Crippen LogP contribution in [0.25, 0.3) is 22.2 Å². The van der Waals surface area contributed by atoms with E-state index in [4.69, 9.17) is 0 Å². The molecule has 4 aromatic rings. The highest BCUT2D eigenvalue weighted by atomic mass is 14.8. The summed E-state index contributed by atoms with van der Waals surface area (Å²) >= 11 is 0. The van der Waals surface area contributed by atoms with E-state index in [2.05, 4.69) is 46.1 Å². The van der Waals surface area contributed by atoms with Crippen LogP contribution in [0.4, 0.5) is 0 Å². The molecule has 0 atom stereocenters. The number of rotatable bonds is 1. The molecule has 0 aliphatic carbocycles. The molecule has 0 aliphatic heterocycles. The number of H-pyrrole nitrogens is 1. The molecule has 0 bridgehead atoms. The van der Waals surface area contributed by atoms with Crippen LogP contribution in [0.15, 0.2) is 79.1 Å². The Morgan fingerprint density at radius 3 is 2.57 bits per heavy atom. The fourth-order valence-electron chi connectivity index (χ4n) is 2.62. The van der Waals surface area contributed by atoms with E-state index < -0.39 is 0 Å². The van der Waals surface area contributed by atoms with Gasteiger partial charge in [0, 0.05) is 28.9 Å². The van der Waals surface area contributed by atoms with Crippen molar-refractivity contribution in [3.8, 4) is 23.0 Å². The Hall–Kier alpha value is -3.31. The van der Waals surface area contributed by atoms with Gasteiger partial charge in [-0.1, -0.05) is 54.3 Å². The molecule has 0 saturated heterocycles. The van der Waals surface area contributed by atoms with Crippen molar-refractivity contribution in [2.24, 2.45) is 0 Å². The molecule has 0 spiro atoms. The smallest absolute Gasteiger partial charge is 0.138 e. The van der Waals surface area contributed by atoms with Gasteiger partial charge in [0.1, 0.15) is 5.65 Å². The molecule has 23 heavy (non-hydrogen) atoms. The van der Waals surface area contributed by atoms with Crippen LogP contribution in [0.1, 0.15) is 11.1 Å². The summed E-state index contributed by atoms with van der Waals surface area (Å²) in [6.45, 7) is 0. The lowest BCUT2D eigenvalue weighted by Crippen LogP contribution is -1.82. The largest absolute Gasteiger partial charge is 0.346 e. The normalized spacial score (nSPS) is 10.3. The molecule has 108 valence electrons. The summed E-state index contributed by atoms with van der Waals surface area (Å²) in [5.41, 5.74) is 5.25. The Labute approximate surface area is 134 Å². The third kappa shape index (κ3) is 2.73. The Balaban J connectivity index is 1.72. The first kappa shape index (κ1) is 13.4. The second-order valence-electron chi connectivity index (χ2n) is 5.30. The molecule has 2 nitrogen and oxygen atoms in total. The van der Waals surface area contributed by atoms with E-state index in [0.717, 1.165) is 22.2 Å². The number of benzene rings is 2. The predicted molar refractivity (Wildman–Crippen MR) is 94.0 cm³/mol. The maximum absolute atomic E-state index is 4.29. The van der Waals surface area contributed by atoms with Gasteiger partial charge in [0.2, 0.25) is 0 Å². The number of aromatic amines is 1. The summed E-state index contributed by atoms with van der Waals surface area (Å²) in [5, 5.41) is 1.05. The van der Waals surface area contributed by atoms with Gasteiger partial charge >= 0.3 is 0 Å². The van der Waals surface area contributed by atoms with Gasteiger partial charge in [0.25, 0.3) is 0 Å². The number of pyridine rings is 1. The first-order valence-electron chi connectivity index (χ1n) is 7.50. The third-order valence-corrected chi connectivity index (χ3v) is 3.77. The van der Waals surface area contributed by atoms with Gasteiger partial charge in [-0.2, -0.15) is 0 Å². The average Bonchev–Trinajstić information content (AvgIpc) is 3.10. The van der Waals surface area contributed by atoms with Gasteiger partial charge in [0.15, 0.2) is 0 Å². The molecular weight excluding hydrogens is 280 g/mol. The lowest BCUT2D eigenvalue weighted by atomic mass is 10.0. The highest BCUT2D eigenvalue weighted by Gasteiger charge is 2.00. The van der Waals surface area contributed by atoms with Crippen LogP contribution < -0.4 is 0 Å². The monoisotopic (exact) mass is 294 g/mol. The first-order chi connectivity index (χ1) is 11.4. The van der Waals surface area contributed by atoms with Crippen LogP contribution in [-0.2, 0) is 0 Å². The summed E-state index contributed by atoms with van der Waals surface area (Å²) in [5.74, 6) is 6.52. The zero-order valence-electron chi connectivity index (χ0n) is 12.5. The van der Waals surface area contributed by atoms with Crippen LogP contribution in [0.3, 0.4) is 0 Å². The van der Waals surface area contributed by atoms with Gasteiger partial charge in [-0.3, -0.25) is 0 Å². The second-order valence-corrected chi connectivity index (χ2v) is 5.30. The number of nitrogens with one attached hydrogen (secondary N) is 1. The molecular formula is C21H14N2. The lowest BCUT2D eigenvalue weighted by Gasteiger charge is -2.01. The maximum Gasteiger partial charge on any atom is 0.138 e. The zero-order chi connectivity index (χ0) is 15.5. The van der Waals surface area contributed by atoms with Crippen molar-refractivity contribution in [1.29, 1.82) is 0 Å². The highest BCUT2D eigenvalue weighted by molar-refractivity contribution is 5.82. The number of hydrogen-bond donors (Lipinski definition) is 1. The van der Waals surface area contributed by atoms with Gasteiger partial charge in [-0.25, -0.2) is 4.98 Å². The van der Waals surface area contributed by atoms with E-state index in [1.54, 1.807) is 6.20 Å². The van der Waals surface area contributed by atoms with Crippen molar-refractivity contribution >= 4 is 11.0 Å². The summed E-state index contributed by atoms with van der Waals surface area (Å²) in [6.07, 6.45) is 3.67. The molecule has 0 radical (unpaired) electrons. The van der Waals surface area contributed by atoms with E-state index >= 15 is 0 Å². The van der Waals surface area contributed by atoms with Crippen LogP contribution in [-0.4, -0.2) is 9.97 Å². The first-order valence-corrected chi connectivity index (χ1v) is 7.50. The molecule has 0 unspecified atom stereocenters. The van der Waals surface area contributed by atoms with E-state index in [-0.39, 0.29) is 0 Å². The quantitative estimate of drug-likeness (QED) is 0.509. The van der Waals surface area contributed by atoms with Crippen LogP contribution in [0.2, 0.25) is 0 Å². The van der Waals surface area contributed by atoms with Gasteiger partial charge < -0.3 is 4.98 Å². The molecule has 4 rings (SSSR count). The van der Waals surface area contributed by atoms with Crippen LogP contribution in [0, 0.1) is 11.8 Å². The molecule has 2 heteroatoms. The van der Waals surface area contributed by atoms with Crippen molar-refractivity contribution < 1.29 is 0 Å². The Kier molecular flexibility index (Phi) is 3.38. The molecule has 2 heterocycles. The number of fused-ring (bicyclic) bond motifs is 1. The van der Waals surface area contributed by atoms with E-state index in [1.165, 1.54) is 11.1 Å². The number of aromatic nitrogens is 2. The van der Waals surface area contributed by atoms with Crippen LogP contribution >= 0.6 is 0 Å². The maximum atomic E-state index is 4.29. The minimum Gasteiger partial charge on any atom is -0.346 e. The third-order valence-electron chi connectivity index (χ3n) is 3.77. The molecule has 0 amide bonds. The van der Waals surface area contributed by atoms with Crippen molar-refractivity contribution in [3.63, 3.8) is 0 Å². The second kappa shape index (κ2) is 5.82. The average molecular weight is 294 g/mol. The minimum absolute atomic E-state index is 0.870. The van der Waals surface area contributed by atoms with Gasteiger partial charge in [0.05, 0.1) is 0 Å². The van der Waals surface area contributed by atoms with E-state index in [0.29, 0.717) is 0 Å². The van der Waals surface area contributed by atoms with Gasteiger partial charge in [-0.05, 0) is 35.4 Å². The van der Waals surface area contributed by atoms with Crippen molar-refractivity contribution in [2.45, 2.75) is 0 Å². The standard InChI is InChI=1S/C21H14N2/c1-2-6-17(7-3-1)19-8-4-5-16(15-19)9-10-18-11-13-22-21-20(18)12-14-23-21/h1-8,11-15H,(H,22,23). The molecule has 2 aromatic carbocycles. The van der Waals surface area contributed by atoms with Crippen LogP contribution in [0.5, 0.6) is 0 Å². The van der Waals surface area contributed by atoms with Crippen molar-refractivity contribution in [1.82, 2.24) is 9.97 Å². The fourth-order valence-corrected chi connectivity index (χ4v) is 2.62. The highest BCUT2D eigenvalue weighted by Crippen LogP contribution is 2.20. The summed E-state index contributed by atoms with van der Waals surface area (Å²) in [7, 11) is 0. The SMILES string of the molecule is C(#Cc1ccnc2[nH]ccc12)c1cccc(-c2ccccc2)c1. The minimum atomic E-state index is 0.870. The molecule has 1 N–H and O–H groups in total. The summed E-state index contributed by atoms with van der Waals surface area (Å²) in [6, 6.07) is 22.6. The van der Waals surface area contributed by atoms with E-state index in [1.807, 2.05) is 48.7 Å². The molecule has 0 saturated carbocycles. The predicted octanol–water partition coefficient (Wildman–Crippen LogP) is 4.63. The van der Waals surface area contributed by atoms with Crippen molar-refractivity contribution in [3.05, 3.63) is 90.3 Å². The molecule has 2 aromatic heterocycles.